The lowest BCUT2D eigenvalue weighted by Gasteiger charge is -2.18. The Bertz CT molecular complexity index is 714. The number of carbonyl (C=O) groups is 2. The second kappa shape index (κ2) is 8.50. The van der Waals surface area contributed by atoms with E-state index < -0.39 is 0 Å². The summed E-state index contributed by atoms with van der Waals surface area (Å²) in [4.78, 5) is 25.8. The smallest absolute Gasteiger partial charge is 0.253 e. The largest absolute Gasteiger partial charge is 0.343 e. The Morgan fingerprint density at radius 2 is 1.67 bits per heavy atom. The Morgan fingerprint density at radius 1 is 1.04 bits per heavy atom. The number of carbonyl (C=O) groups excluding carboxylic acids is 2. The predicted octanol–water partition coefficient (Wildman–Crippen LogP) is 3.29. The molecule has 0 heterocycles. The molecule has 24 heavy (non-hydrogen) atoms. The quantitative estimate of drug-likeness (QED) is 0.874. The minimum Gasteiger partial charge on any atom is -0.343 e. The number of hydrogen-bond acceptors (Lipinski definition) is 2. The van der Waals surface area contributed by atoms with Crippen molar-refractivity contribution in [1.82, 2.24) is 10.2 Å². The molecule has 0 aliphatic heterocycles. The van der Waals surface area contributed by atoms with E-state index in [0.717, 1.165) is 12.0 Å². The maximum atomic E-state index is 12.2. The standard InChI is InChI=1S/C19H21ClN2O2/c1-3-14-8-10-15(11-9-14)13-22(2)18(23)12-21-19(24)16-6-4-5-7-17(16)20/h4-11H,3,12-13H2,1-2H3,(H,21,24). The van der Waals surface area contributed by atoms with Gasteiger partial charge in [0.1, 0.15) is 0 Å². The van der Waals surface area contributed by atoms with Crippen LogP contribution in [-0.2, 0) is 17.8 Å². The molecule has 0 saturated heterocycles. The molecule has 0 atom stereocenters. The van der Waals surface area contributed by atoms with Gasteiger partial charge in [-0.25, -0.2) is 0 Å². The highest BCUT2D eigenvalue weighted by Gasteiger charge is 2.13. The number of likely N-dealkylation sites (N-methyl/N-ethyl adjacent to an activating group) is 1. The molecule has 0 aliphatic carbocycles. The number of hydrogen-bond donors (Lipinski definition) is 1. The molecule has 0 radical (unpaired) electrons. The van der Waals surface area contributed by atoms with Gasteiger partial charge in [-0.2, -0.15) is 0 Å². The number of nitrogens with zero attached hydrogens (tertiary/aromatic N) is 1. The van der Waals surface area contributed by atoms with E-state index >= 15 is 0 Å². The summed E-state index contributed by atoms with van der Waals surface area (Å²) in [6.07, 6.45) is 0.989. The molecule has 0 unspecified atom stereocenters. The molecule has 126 valence electrons. The number of nitrogens with one attached hydrogen (secondary N) is 1. The topological polar surface area (TPSA) is 49.4 Å². The van der Waals surface area contributed by atoms with Gasteiger partial charge < -0.3 is 10.2 Å². The van der Waals surface area contributed by atoms with E-state index in [1.54, 1.807) is 36.2 Å². The molecule has 0 aromatic heterocycles. The maximum Gasteiger partial charge on any atom is 0.253 e. The minimum atomic E-state index is -0.352. The first-order valence-corrected chi connectivity index (χ1v) is 8.23. The van der Waals surface area contributed by atoms with Gasteiger partial charge in [-0.05, 0) is 29.7 Å². The molecule has 2 amide bonds. The van der Waals surface area contributed by atoms with Crippen LogP contribution in [0.4, 0.5) is 0 Å². The van der Waals surface area contributed by atoms with Crippen molar-refractivity contribution >= 4 is 23.4 Å². The Kier molecular flexibility index (Phi) is 6.38. The molecule has 5 heteroatoms. The van der Waals surface area contributed by atoms with Crippen LogP contribution >= 0.6 is 11.6 Å². The van der Waals surface area contributed by atoms with E-state index in [0.29, 0.717) is 17.1 Å². The number of rotatable bonds is 6. The first-order valence-electron chi connectivity index (χ1n) is 7.85. The van der Waals surface area contributed by atoms with Crippen LogP contribution in [0.2, 0.25) is 5.02 Å². The highest BCUT2D eigenvalue weighted by Crippen LogP contribution is 2.14. The van der Waals surface area contributed by atoms with Gasteiger partial charge in [-0.15, -0.1) is 0 Å². The zero-order chi connectivity index (χ0) is 17.5. The van der Waals surface area contributed by atoms with Crippen molar-refractivity contribution in [3.63, 3.8) is 0 Å². The van der Waals surface area contributed by atoms with Gasteiger partial charge in [0.25, 0.3) is 5.91 Å². The van der Waals surface area contributed by atoms with Crippen LogP contribution in [-0.4, -0.2) is 30.3 Å². The van der Waals surface area contributed by atoms with Gasteiger partial charge in [-0.3, -0.25) is 9.59 Å². The van der Waals surface area contributed by atoms with Gasteiger partial charge in [-0.1, -0.05) is 54.9 Å². The molecule has 0 saturated carbocycles. The first-order chi connectivity index (χ1) is 11.5. The Morgan fingerprint density at radius 3 is 2.29 bits per heavy atom. The third kappa shape index (κ3) is 4.83. The van der Waals surface area contributed by atoms with Crippen molar-refractivity contribution in [1.29, 1.82) is 0 Å². The van der Waals surface area contributed by atoms with Gasteiger partial charge in [0.2, 0.25) is 5.91 Å². The van der Waals surface area contributed by atoms with Crippen molar-refractivity contribution in [2.45, 2.75) is 19.9 Å². The lowest BCUT2D eigenvalue weighted by molar-refractivity contribution is -0.129. The zero-order valence-electron chi connectivity index (χ0n) is 13.9. The molecule has 4 nitrogen and oxygen atoms in total. The number of aryl methyl sites for hydroxylation is 1. The van der Waals surface area contributed by atoms with Crippen LogP contribution in [0.3, 0.4) is 0 Å². The van der Waals surface area contributed by atoms with E-state index in [-0.39, 0.29) is 18.4 Å². The summed E-state index contributed by atoms with van der Waals surface area (Å²) in [7, 11) is 1.72. The highest BCUT2D eigenvalue weighted by atomic mass is 35.5. The van der Waals surface area contributed by atoms with E-state index in [9.17, 15) is 9.59 Å². The summed E-state index contributed by atoms with van der Waals surface area (Å²) in [5.74, 6) is -0.510. The molecule has 2 aromatic carbocycles. The van der Waals surface area contributed by atoms with Crippen LogP contribution in [0.5, 0.6) is 0 Å². The highest BCUT2D eigenvalue weighted by molar-refractivity contribution is 6.33. The van der Waals surface area contributed by atoms with Gasteiger partial charge >= 0.3 is 0 Å². The molecule has 1 N–H and O–H groups in total. The number of amides is 2. The summed E-state index contributed by atoms with van der Waals surface area (Å²) in [5.41, 5.74) is 2.69. The molecular weight excluding hydrogens is 324 g/mol. The van der Waals surface area contributed by atoms with Crippen LogP contribution in [0, 0.1) is 0 Å². The monoisotopic (exact) mass is 344 g/mol. The Labute approximate surface area is 147 Å². The summed E-state index contributed by atoms with van der Waals surface area (Å²) in [5, 5.41) is 2.98. The van der Waals surface area contributed by atoms with Crippen molar-refractivity contribution < 1.29 is 9.59 Å². The molecule has 0 bridgehead atoms. The summed E-state index contributed by atoms with van der Waals surface area (Å²) >= 11 is 5.97. The fourth-order valence-electron chi connectivity index (χ4n) is 2.27. The number of benzene rings is 2. The molecule has 0 spiro atoms. The lowest BCUT2D eigenvalue weighted by atomic mass is 10.1. The maximum absolute atomic E-state index is 12.2. The average Bonchev–Trinajstić information content (AvgIpc) is 2.60. The summed E-state index contributed by atoms with van der Waals surface area (Å²) in [6, 6.07) is 14.9. The van der Waals surface area contributed by atoms with Crippen LogP contribution < -0.4 is 5.32 Å². The average molecular weight is 345 g/mol. The van der Waals surface area contributed by atoms with Crippen LogP contribution in [0.1, 0.15) is 28.4 Å². The van der Waals surface area contributed by atoms with Crippen LogP contribution in [0.25, 0.3) is 0 Å². The van der Waals surface area contributed by atoms with Crippen molar-refractivity contribution in [3.05, 3.63) is 70.2 Å². The normalized spacial score (nSPS) is 10.3. The molecule has 0 fully saturated rings. The third-order valence-corrected chi connectivity index (χ3v) is 4.12. The van der Waals surface area contributed by atoms with E-state index in [2.05, 4.69) is 24.4 Å². The lowest BCUT2D eigenvalue weighted by Crippen LogP contribution is -2.37. The SMILES string of the molecule is CCc1ccc(CN(C)C(=O)CNC(=O)c2ccccc2Cl)cc1. The second-order valence-electron chi connectivity index (χ2n) is 5.58. The zero-order valence-corrected chi connectivity index (χ0v) is 14.6. The van der Waals surface area contributed by atoms with Gasteiger partial charge in [0, 0.05) is 13.6 Å². The van der Waals surface area contributed by atoms with E-state index in [4.69, 9.17) is 11.6 Å². The second-order valence-corrected chi connectivity index (χ2v) is 5.99. The van der Waals surface area contributed by atoms with Crippen molar-refractivity contribution in [2.24, 2.45) is 0 Å². The van der Waals surface area contributed by atoms with Gasteiger partial charge in [0.05, 0.1) is 17.1 Å². The van der Waals surface area contributed by atoms with E-state index in [1.165, 1.54) is 5.56 Å². The molecule has 2 aromatic rings. The predicted molar refractivity (Wildman–Crippen MR) is 96.1 cm³/mol. The van der Waals surface area contributed by atoms with Gasteiger partial charge in [0.15, 0.2) is 0 Å². The molecule has 2 rings (SSSR count). The summed E-state index contributed by atoms with van der Waals surface area (Å²) in [6.45, 7) is 2.55. The van der Waals surface area contributed by atoms with Crippen molar-refractivity contribution in [3.8, 4) is 0 Å². The number of halogens is 1. The molecular formula is C19H21ClN2O2. The summed E-state index contributed by atoms with van der Waals surface area (Å²) < 4.78 is 0. The Hall–Kier alpha value is -2.33. The first kappa shape index (κ1) is 18.0. The molecule has 0 aliphatic rings. The van der Waals surface area contributed by atoms with E-state index in [1.807, 2.05) is 12.1 Å². The Balaban J connectivity index is 1.87. The fourth-order valence-corrected chi connectivity index (χ4v) is 2.50. The minimum absolute atomic E-state index is 0.0619. The third-order valence-electron chi connectivity index (χ3n) is 3.80. The van der Waals surface area contributed by atoms with Crippen LogP contribution in [0.15, 0.2) is 48.5 Å². The van der Waals surface area contributed by atoms with Crippen molar-refractivity contribution in [2.75, 3.05) is 13.6 Å². The fraction of sp³-hybridized carbons (Fsp3) is 0.263.